The summed E-state index contributed by atoms with van der Waals surface area (Å²) in [6.07, 6.45) is 0.966. The van der Waals surface area contributed by atoms with Gasteiger partial charge in [-0.05, 0) is 14.0 Å². The van der Waals surface area contributed by atoms with Gasteiger partial charge in [-0.1, -0.05) is 13.0 Å². The topological polar surface area (TPSA) is 99.2 Å². The minimum Gasteiger partial charge on any atom is -0.458 e. The lowest BCUT2D eigenvalue weighted by Gasteiger charge is -2.25. The summed E-state index contributed by atoms with van der Waals surface area (Å²) in [7, 11) is 1.87. The minimum absolute atomic E-state index is 0.246. The number of cyclic esters (lactones) is 1. The van der Waals surface area contributed by atoms with Gasteiger partial charge in [-0.2, -0.15) is 0 Å². The van der Waals surface area contributed by atoms with E-state index in [-0.39, 0.29) is 12.2 Å². The Balaban J connectivity index is 2.01. The molecule has 0 N–H and O–H groups in total. The molecule has 3 aliphatic heterocycles. The van der Waals surface area contributed by atoms with Crippen LogP contribution in [0.4, 0.5) is 0 Å². The molecule has 0 aromatic heterocycles. The van der Waals surface area contributed by atoms with Gasteiger partial charge in [-0.15, -0.1) is 0 Å². The Morgan fingerprint density at radius 1 is 1.20 bits per heavy atom. The second kappa shape index (κ2) is 6.25. The van der Waals surface area contributed by atoms with Crippen molar-refractivity contribution < 1.29 is 33.4 Å². The second-order valence-corrected chi connectivity index (χ2v) is 6.94. The Kier molecular flexibility index (Phi) is 4.40. The molecule has 0 amide bonds. The molecule has 0 saturated carbocycles. The van der Waals surface area contributed by atoms with Crippen LogP contribution in [0.15, 0.2) is 11.6 Å². The number of esters is 3. The van der Waals surface area contributed by atoms with Crippen LogP contribution >= 0.6 is 0 Å². The van der Waals surface area contributed by atoms with Crippen LogP contribution in [0.3, 0.4) is 0 Å². The summed E-state index contributed by atoms with van der Waals surface area (Å²) < 4.78 is 15.8. The van der Waals surface area contributed by atoms with Crippen LogP contribution in [0.5, 0.6) is 0 Å². The van der Waals surface area contributed by atoms with E-state index in [4.69, 9.17) is 14.2 Å². The van der Waals surface area contributed by atoms with E-state index in [9.17, 15) is 19.2 Å². The number of carbonyl (C=O) groups excluding carboxylic acids is 4. The number of hydrogen-bond donors (Lipinski definition) is 0. The summed E-state index contributed by atoms with van der Waals surface area (Å²) in [5, 5.41) is 0. The first-order valence-corrected chi connectivity index (χ1v) is 8.26. The third-order valence-corrected chi connectivity index (χ3v) is 5.24. The van der Waals surface area contributed by atoms with Crippen molar-refractivity contribution in [3.8, 4) is 0 Å². The molecule has 0 aliphatic carbocycles. The standard InChI is InChI=1S/C17H21NO7/c1-9-12-14(20)24-11-5-7-18(3)6-4-10(13(11)19)8-23-16(22)17(9,2)25-15(12)21/h4,9,11-12H,5-8H2,1-3H3/b10-4-/t9?,11-,12?,17?/m0/s1. The number of ether oxygens (including phenoxy) is 3. The molecule has 2 fully saturated rings. The van der Waals surface area contributed by atoms with E-state index in [0.29, 0.717) is 19.5 Å². The highest BCUT2D eigenvalue weighted by Crippen LogP contribution is 2.39. The molecule has 4 bridgehead atoms. The number of Topliss-reactive ketones (excluding diaryl/α,β-unsaturated/α-hetero) is 1. The Labute approximate surface area is 145 Å². The van der Waals surface area contributed by atoms with Gasteiger partial charge in [0.1, 0.15) is 6.61 Å². The van der Waals surface area contributed by atoms with E-state index in [0.717, 1.165) is 0 Å². The number of likely N-dealkylation sites (N-methyl/N-ethyl adjacent to an activating group) is 1. The molecular formula is C17H21NO7. The molecule has 2 saturated heterocycles. The van der Waals surface area contributed by atoms with Crippen molar-refractivity contribution in [2.24, 2.45) is 11.8 Å². The van der Waals surface area contributed by atoms with Gasteiger partial charge in [0.25, 0.3) is 0 Å². The lowest BCUT2D eigenvalue weighted by Crippen LogP contribution is -2.43. The predicted octanol–water partition coefficient (Wildman–Crippen LogP) is -0.146. The van der Waals surface area contributed by atoms with Crippen molar-refractivity contribution >= 4 is 23.7 Å². The number of fused-ring (bicyclic) bond motifs is 4. The van der Waals surface area contributed by atoms with Gasteiger partial charge in [0.2, 0.25) is 11.4 Å². The monoisotopic (exact) mass is 351 g/mol. The fraction of sp³-hybridized carbons (Fsp3) is 0.647. The van der Waals surface area contributed by atoms with Crippen molar-refractivity contribution in [1.82, 2.24) is 4.90 Å². The number of hydrogen-bond acceptors (Lipinski definition) is 8. The lowest BCUT2D eigenvalue weighted by molar-refractivity contribution is -0.175. The molecule has 8 nitrogen and oxygen atoms in total. The molecule has 0 radical (unpaired) electrons. The average Bonchev–Trinajstić information content (AvgIpc) is 2.78. The fourth-order valence-electron chi connectivity index (χ4n) is 3.29. The molecule has 3 rings (SSSR count). The number of ketones is 1. The first kappa shape index (κ1) is 17.6. The van der Waals surface area contributed by atoms with Gasteiger partial charge in [-0.3, -0.25) is 14.4 Å². The summed E-state index contributed by atoms with van der Waals surface area (Å²) in [4.78, 5) is 51.8. The van der Waals surface area contributed by atoms with E-state index in [1.807, 2.05) is 11.9 Å². The van der Waals surface area contributed by atoms with Crippen molar-refractivity contribution in [3.05, 3.63) is 11.6 Å². The average molecular weight is 351 g/mol. The summed E-state index contributed by atoms with van der Waals surface area (Å²) >= 11 is 0. The zero-order valence-electron chi connectivity index (χ0n) is 14.4. The van der Waals surface area contributed by atoms with Crippen LogP contribution in [0.2, 0.25) is 0 Å². The molecule has 3 unspecified atom stereocenters. The van der Waals surface area contributed by atoms with Crippen LogP contribution in [-0.4, -0.2) is 67.0 Å². The maximum Gasteiger partial charge on any atom is 0.350 e. The molecule has 136 valence electrons. The number of rotatable bonds is 0. The van der Waals surface area contributed by atoms with Gasteiger partial charge in [0.15, 0.2) is 12.0 Å². The molecule has 0 aromatic carbocycles. The maximum absolute atomic E-state index is 12.7. The maximum atomic E-state index is 12.7. The largest absolute Gasteiger partial charge is 0.458 e. The first-order valence-electron chi connectivity index (χ1n) is 8.26. The van der Waals surface area contributed by atoms with E-state index in [1.54, 1.807) is 13.0 Å². The van der Waals surface area contributed by atoms with Crippen LogP contribution < -0.4 is 0 Å². The van der Waals surface area contributed by atoms with Crippen molar-refractivity contribution in [2.45, 2.75) is 32.0 Å². The SMILES string of the molecule is CC1C2C(=O)O[C@H]3CCN(C)C/C=C(/COC(=O)C1(C)OC2=O)C3=O. The molecule has 8 heteroatoms. The summed E-state index contributed by atoms with van der Waals surface area (Å²) in [6, 6.07) is 0. The Morgan fingerprint density at radius 2 is 1.92 bits per heavy atom. The first-order chi connectivity index (χ1) is 11.7. The van der Waals surface area contributed by atoms with Crippen molar-refractivity contribution in [2.75, 3.05) is 26.7 Å². The molecule has 3 aliphatic rings. The predicted molar refractivity (Wildman–Crippen MR) is 83.2 cm³/mol. The van der Waals surface area contributed by atoms with Gasteiger partial charge < -0.3 is 19.1 Å². The van der Waals surface area contributed by atoms with Gasteiger partial charge in [0, 0.05) is 31.0 Å². The third kappa shape index (κ3) is 2.95. The van der Waals surface area contributed by atoms with Gasteiger partial charge in [0.05, 0.1) is 0 Å². The summed E-state index contributed by atoms with van der Waals surface area (Å²) in [6.45, 7) is 3.80. The van der Waals surface area contributed by atoms with Crippen molar-refractivity contribution in [3.63, 3.8) is 0 Å². The van der Waals surface area contributed by atoms with Crippen LogP contribution in [0.1, 0.15) is 20.3 Å². The van der Waals surface area contributed by atoms with Crippen molar-refractivity contribution in [1.29, 1.82) is 0 Å². The third-order valence-electron chi connectivity index (χ3n) is 5.24. The van der Waals surface area contributed by atoms with E-state index in [1.165, 1.54) is 6.92 Å². The highest BCUT2D eigenvalue weighted by atomic mass is 16.6. The normalized spacial score (nSPS) is 39.2. The number of nitrogens with zero attached hydrogens (tertiary/aromatic N) is 1. The zero-order valence-corrected chi connectivity index (χ0v) is 14.4. The van der Waals surface area contributed by atoms with Gasteiger partial charge >= 0.3 is 17.9 Å². The molecule has 0 spiro atoms. The quantitative estimate of drug-likeness (QED) is 0.338. The molecular weight excluding hydrogens is 330 g/mol. The molecule has 4 atom stereocenters. The molecule has 3 heterocycles. The Hall–Kier alpha value is -2.22. The fourth-order valence-corrected chi connectivity index (χ4v) is 3.29. The molecule has 25 heavy (non-hydrogen) atoms. The number of carbonyl (C=O) groups is 4. The minimum atomic E-state index is -1.58. The molecule has 0 aromatic rings. The lowest BCUT2D eigenvalue weighted by atomic mass is 9.83. The summed E-state index contributed by atoms with van der Waals surface area (Å²) in [5.74, 6) is -4.84. The smallest absolute Gasteiger partial charge is 0.350 e. The van der Waals surface area contributed by atoms with Gasteiger partial charge in [-0.25, -0.2) is 4.79 Å². The van der Waals surface area contributed by atoms with E-state index < -0.39 is 47.2 Å². The highest BCUT2D eigenvalue weighted by molar-refractivity contribution is 6.04. The second-order valence-electron chi connectivity index (χ2n) is 6.94. The van der Waals surface area contributed by atoms with Crippen LogP contribution in [0.25, 0.3) is 0 Å². The Morgan fingerprint density at radius 3 is 2.64 bits per heavy atom. The van der Waals surface area contributed by atoms with Crippen LogP contribution in [-0.2, 0) is 33.4 Å². The van der Waals surface area contributed by atoms with Crippen LogP contribution in [0, 0.1) is 11.8 Å². The Bertz CT molecular complexity index is 670. The van der Waals surface area contributed by atoms with E-state index in [2.05, 4.69) is 0 Å². The highest BCUT2D eigenvalue weighted by Gasteiger charge is 2.60. The van der Waals surface area contributed by atoms with E-state index >= 15 is 0 Å². The zero-order chi connectivity index (χ0) is 18.4. The summed E-state index contributed by atoms with van der Waals surface area (Å²) in [5.41, 5.74) is -1.30.